The maximum absolute atomic E-state index is 5.70. The Balaban J connectivity index is 1.92. The predicted molar refractivity (Wildman–Crippen MR) is 77.1 cm³/mol. The van der Waals surface area contributed by atoms with E-state index in [0.29, 0.717) is 18.1 Å². The Morgan fingerprint density at radius 1 is 1.37 bits per heavy atom. The number of nitrogens with zero attached hydrogens (tertiary/aromatic N) is 1. The van der Waals surface area contributed by atoms with Crippen LogP contribution in [0.3, 0.4) is 0 Å². The molecule has 2 aromatic rings. The lowest BCUT2D eigenvalue weighted by molar-refractivity contribution is 0.117. The average molecular weight is 256 g/mol. The van der Waals surface area contributed by atoms with Crippen LogP contribution in [0.5, 0.6) is 0 Å². The van der Waals surface area contributed by atoms with Crippen LogP contribution in [0.15, 0.2) is 36.5 Å². The lowest BCUT2D eigenvalue weighted by Gasteiger charge is -2.22. The molecule has 2 heterocycles. The summed E-state index contributed by atoms with van der Waals surface area (Å²) in [6.45, 7) is 2.99. The quantitative estimate of drug-likeness (QED) is 0.917. The molecule has 3 rings (SSSR count). The van der Waals surface area contributed by atoms with Gasteiger partial charge in [0.1, 0.15) is 0 Å². The second-order valence-corrected chi connectivity index (χ2v) is 5.36. The van der Waals surface area contributed by atoms with E-state index in [2.05, 4.69) is 41.5 Å². The number of hydrogen-bond donors (Lipinski definition) is 1. The van der Waals surface area contributed by atoms with Crippen LogP contribution in [0, 0.1) is 5.92 Å². The number of nitrogens with one attached hydrogen (secondary N) is 1. The molecule has 3 heteroatoms. The van der Waals surface area contributed by atoms with Crippen molar-refractivity contribution in [2.45, 2.75) is 25.5 Å². The number of pyridine rings is 1. The second kappa shape index (κ2) is 5.27. The predicted octanol–water partition coefficient (Wildman–Crippen LogP) is 2.92. The third kappa shape index (κ3) is 2.48. The maximum Gasteiger partial charge on any atom is 0.0705 e. The lowest BCUT2D eigenvalue weighted by atomic mass is 9.90. The standard InChI is InChI=1S/C16H20N2O/c1-11-8-14(10-19-11)16(17-2)13-6-5-12-4-3-7-18-15(12)9-13/h3-7,9,11,14,16-17H,8,10H2,1-2H3. The first-order chi connectivity index (χ1) is 9.28. The Bertz CT molecular complexity index is 569. The van der Waals surface area contributed by atoms with Gasteiger partial charge in [-0.3, -0.25) is 4.98 Å². The monoisotopic (exact) mass is 256 g/mol. The number of ether oxygens (including phenoxy) is 1. The first-order valence-electron chi connectivity index (χ1n) is 6.91. The highest BCUT2D eigenvalue weighted by molar-refractivity contribution is 5.79. The van der Waals surface area contributed by atoms with Crippen LogP contribution in [-0.2, 0) is 4.74 Å². The highest BCUT2D eigenvalue weighted by Crippen LogP contribution is 2.32. The van der Waals surface area contributed by atoms with Gasteiger partial charge in [-0.15, -0.1) is 0 Å². The Morgan fingerprint density at radius 3 is 3.00 bits per heavy atom. The second-order valence-electron chi connectivity index (χ2n) is 5.36. The van der Waals surface area contributed by atoms with E-state index in [-0.39, 0.29) is 0 Å². The highest BCUT2D eigenvalue weighted by atomic mass is 16.5. The molecule has 3 atom stereocenters. The third-order valence-corrected chi connectivity index (χ3v) is 4.00. The van der Waals surface area contributed by atoms with Crippen LogP contribution in [0.25, 0.3) is 10.9 Å². The summed E-state index contributed by atoms with van der Waals surface area (Å²) in [4.78, 5) is 4.44. The molecule has 0 radical (unpaired) electrons. The molecule has 0 spiro atoms. The number of rotatable bonds is 3. The van der Waals surface area contributed by atoms with Crippen LogP contribution in [0.4, 0.5) is 0 Å². The Labute approximate surface area is 114 Å². The maximum atomic E-state index is 5.70. The molecule has 1 aromatic carbocycles. The summed E-state index contributed by atoms with van der Waals surface area (Å²) in [5.74, 6) is 0.543. The van der Waals surface area contributed by atoms with E-state index in [1.165, 1.54) is 10.9 Å². The Kier molecular flexibility index (Phi) is 3.49. The normalized spacial score (nSPS) is 24.7. The lowest BCUT2D eigenvalue weighted by Crippen LogP contribution is -2.25. The van der Waals surface area contributed by atoms with Gasteiger partial charge in [-0.25, -0.2) is 0 Å². The zero-order valence-corrected chi connectivity index (χ0v) is 11.5. The van der Waals surface area contributed by atoms with Crippen molar-refractivity contribution in [3.05, 3.63) is 42.1 Å². The van der Waals surface area contributed by atoms with E-state index in [1.807, 2.05) is 19.3 Å². The van der Waals surface area contributed by atoms with Crippen LogP contribution in [0.2, 0.25) is 0 Å². The molecule has 1 aliphatic heterocycles. The molecule has 3 nitrogen and oxygen atoms in total. The fraction of sp³-hybridized carbons (Fsp3) is 0.438. The molecular formula is C16H20N2O. The number of hydrogen-bond acceptors (Lipinski definition) is 3. The molecule has 19 heavy (non-hydrogen) atoms. The molecule has 1 N–H and O–H groups in total. The van der Waals surface area contributed by atoms with Crippen LogP contribution in [0.1, 0.15) is 24.9 Å². The van der Waals surface area contributed by atoms with Crippen molar-refractivity contribution in [3.63, 3.8) is 0 Å². The summed E-state index contributed by atoms with van der Waals surface area (Å²) in [7, 11) is 2.02. The highest BCUT2D eigenvalue weighted by Gasteiger charge is 2.29. The Morgan fingerprint density at radius 2 is 2.26 bits per heavy atom. The van der Waals surface area contributed by atoms with Gasteiger partial charge in [0, 0.05) is 23.5 Å². The fourth-order valence-corrected chi connectivity index (χ4v) is 3.03. The minimum absolute atomic E-state index is 0.344. The van der Waals surface area contributed by atoms with Crippen molar-refractivity contribution in [1.82, 2.24) is 10.3 Å². The Hall–Kier alpha value is -1.45. The minimum atomic E-state index is 0.344. The molecular weight excluding hydrogens is 236 g/mol. The molecule has 1 aliphatic rings. The van der Waals surface area contributed by atoms with Gasteiger partial charge < -0.3 is 10.1 Å². The molecule has 100 valence electrons. The fourth-order valence-electron chi connectivity index (χ4n) is 3.03. The summed E-state index contributed by atoms with van der Waals surface area (Å²) in [6.07, 6.45) is 3.34. The molecule has 1 aromatic heterocycles. The van der Waals surface area contributed by atoms with Gasteiger partial charge in [0.15, 0.2) is 0 Å². The smallest absolute Gasteiger partial charge is 0.0705 e. The molecule has 3 unspecified atom stereocenters. The molecule has 1 saturated heterocycles. The van der Waals surface area contributed by atoms with E-state index in [9.17, 15) is 0 Å². The van der Waals surface area contributed by atoms with E-state index < -0.39 is 0 Å². The van der Waals surface area contributed by atoms with Crippen LogP contribution in [-0.4, -0.2) is 24.7 Å². The first kappa shape index (κ1) is 12.6. The largest absolute Gasteiger partial charge is 0.378 e. The van der Waals surface area contributed by atoms with Crippen molar-refractivity contribution in [2.24, 2.45) is 5.92 Å². The van der Waals surface area contributed by atoms with E-state index in [1.54, 1.807) is 0 Å². The summed E-state index contributed by atoms with van der Waals surface area (Å²) in [5, 5.41) is 4.63. The third-order valence-electron chi connectivity index (χ3n) is 4.00. The van der Waals surface area contributed by atoms with Crippen molar-refractivity contribution in [2.75, 3.05) is 13.7 Å². The average Bonchev–Trinajstić information content (AvgIpc) is 2.86. The van der Waals surface area contributed by atoms with E-state index in [0.717, 1.165) is 18.5 Å². The number of fused-ring (bicyclic) bond motifs is 1. The van der Waals surface area contributed by atoms with Crippen molar-refractivity contribution >= 4 is 10.9 Å². The SMILES string of the molecule is CNC(c1ccc2cccnc2c1)C1COC(C)C1. The van der Waals surface area contributed by atoms with Crippen LogP contribution >= 0.6 is 0 Å². The summed E-state index contributed by atoms with van der Waals surface area (Å²) >= 11 is 0. The molecule has 0 amide bonds. The zero-order valence-electron chi connectivity index (χ0n) is 11.5. The van der Waals surface area contributed by atoms with E-state index >= 15 is 0 Å². The van der Waals surface area contributed by atoms with Gasteiger partial charge in [-0.1, -0.05) is 18.2 Å². The van der Waals surface area contributed by atoms with Gasteiger partial charge in [-0.05, 0) is 38.1 Å². The van der Waals surface area contributed by atoms with Crippen LogP contribution < -0.4 is 5.32 Å². The molecule has 0 aliphatic carbocycles. The van der Waals surface area contributed by atoms with Gasteiger partial charge in [0.2, 0.25) is 0 Å². The van der Waals surface area contributed by atoms with Crippen molar-refractivity contribution in [3.8, 4) is 0 Å². The first-order valence-corrected chi connectivity index (χ1v) is 6.91. The summed E-state index contributed by atoms with van der Waals surface area (Å²) in [5.41, 5.74) is 2.36. The zero-order chi connectivity index (χ0) is 13.2. The topological polar surface area (TPSA) is 34.2 Å². The van der Waals surface area contributed by atoms with Gasteiger partial charge >= 0.3 is 0 Å². The number of aromatic nitrogens is 1. The van der Waals surface area contributed by atoms with Crippen molar-refractivity contribution in [1.29, 1.82) is 0 Å². The van der Waals surface area contributed by atoms with Crippen molar-refractivity contribution < 1.29 is 4.74 Å². The van der Waals surface area contributed by atoms with E-state index in [4.69, 9.17) is 4.74 Å². The molecule has 1 fully saturated rings. The number of benzene rings is 1. The molecule has 0 saturated carbocycles. The minimum Gasteiger partial charge on any atom is -0.378 e. The summed E-state index contributed by atoms with van der Waals surface area (Å²) in [6, 6.07) is 11.0. The summed E-state index contributed by atoms with van der Waals surface area (Å²) < 4.78 is 5.70. The van der Waals surface area contributed by atoms with Gasteiger partial charge in [0.25, 0.3) is 0 Å². The van der Waals surface area contributed by atoms with Gasteiger partial charge in [0.05, 0.1) is 18.2 Å². The molecule has 0 bridgehead atoms. The van der Waals surface area contributed by atoms with Gasteiger partial charge in [-0.2, -0.15) is 0 Å².